The molecule has 0 saturated carbocycles. The molecule has 27 heavy (non-hydrogen) atoms. The number of rotatable bonds is 15. The van der Waals surface area contributed by atoms with Crippen LogP contribution in [0.15, 0.2) is 0 Å². The number of phosphoric acid groups is 1. The number of amides is 1. The van der Waals surface area contributed by atoms with Crippen molar-refractivity contribution in [1.82, 2.24) is 0 Å². The van der Waals surface area contributed by atoms with E-state index in [1.54, 1.807) is 6.92 Å². The predicted octanol–water partition coefficient (Wildman–Crippen LogP) is 5.65. The van der Waals surface area contributed by atoms with Gasteiger partial charge in [0.2, 0.25) is 0 Å². The minimum absolute atomic E-state index is 0.316. The minimum atomic E-state index is -3.89. The summed E-state index contributed by atoms with van der Waals surface area (Å²) in [5, 5.41) is 0. The van der Waals surface area contributed by atoms with Gasteiger partial charge >= 0.3 is 13.9 Å². The van der Waals surface area contributed by atoms with Crippen LogP contribution in [0, 0.1) is 11.8 Å². The Morgan fingerprint density at radius 1 is 0.926 bits per heavy atom. The third-order valence-electron chi connectivity index (χ3n) is 4.32. The lowest BCUT2D eigenvalue weighted by molar-refractivity contribution is 0.110. The highest BCUT2D eigenvalue weighted by Gasteiger charge is 2.24. The molecule has 0 heterocycles. The monoisotopic (exact) mass is 411 g/mol. The topological polar surface area (TPSA) is 108 Å². The molecule has 0 aliphatic rings. The molecule has 0 aromatic heterocycles. The van der Waals surface area contributed by atoms with Crippen molar-refractivity contribution >= 4 is 13.9 Å². The molecule has 7 nitrogen and oxygen atoms in total. The standard InChI is InChI=1S/C16H35O4P.C3H7NO2/c1-5-9-11-15(7-3)13-19-21(17,18)20-14-16(8-4)12-10-6-2;1-2-6-3(4)5/h15-16H,5-14H2,1-4H3,(H,17,18);2H2,1H3,(H2,4,5). The molecule has 164 valence electrons. The summed E-state index contributed by atoms with van der Waals surface area (Å²) in [6.45, 7) is 11.2. The summed E-state index contributed by atoms with van der Waals surface area (Å²) in [6, 6.07) is 0. The summed E-state index contributed by atoms with van der Waals surface area (Å²) in [6.07, 6.45) is 7.85. The van der Waals surface area contributed by atoms with Crippen molar-refractivity contribution in [1.29, 1.82) is 0 Å². The first kappa shape index (κ1) is 28.6. The molecule has 0 aliphatic heterocycles. The fourth-order valence-electron chi connectivity index (χ4n) is 2.37. The van der Waals surface area contributed by atoms with Gasteiger partial charge < -0.3 is 15.4 Å². The van der Waals surface area contributed by atoms with Crippen molar-refractivity contribution in [2.24, 2.45) is 17.6 Å². The van der Waals surface area contributed by atoms with Gasteiger partial charge in [0.25, 0.3) is 0 Å². The zero-order chi connectivity index (χ0) is 21.1. The second-order valence-corrected chi connectivity index (χ2v) is 8.10. The number of phosphoric ester groups is 1. The first-order valence-corrected chi connectivity index (χ1v) is 11.8. The fourth-order valence-corrected chi connectivity index (χ4v) is 3.25. The molecule has 2 unspecified atom stereocenters. The number of nitrogens with two attached hydrogens (primary N) is 1. The van der Waals surface area contributed by atoms with Crippen LogP contribution in [-0.2, 0) is 18.3 Å². The highest BCUT2D eigenvalue weighted by molar-refractivity contribution is 7.47. The van der Waals surface area contributed by atoms with Gasteiger partial charge in [-0.25, -0.2) is 9.36 Å². The fraction of sp³-hybridized carbons (Fsp3) is 0.947. The van der Waals surface area contributed by atoms with Crippen molar-refractivity contribution in [2.45, 2.75) is 86.0 Å². The highest BCUT2D eigenvalue weighted by Crippen LogP contribution is 2.44. The Labute approximate surface area is 165 Å². The van der Waals surface area contributed by atoms with E-state index in [1.807, 2.05) is 0 Å². The van der Waals surface area contributed by atoms with Gasteiger partial charge in [0, 0.05) is 0 Å². The molecule has 2 atom stereocenters. The Hall–Kier alpha value is -0.620. The van der Waals surface area contributed by atoms with Crippen LogP contribution in [-0.4, -0.2) is 30.8 Å². The Bertz CT molecular complexity index is 370. The summed E-state index contributed by atoms with van der Waals surface area (Å²) in [4.78, 5) is 19.4. The van der Waals surface area contributed by atoms with E-state index in [-0.39, 0.29) is 0 Å². The number of carbonyl (C=O) groups excluding carboxylic acids is 1. The molecule has 0 spiro atoms. The van der Waals surface area contributed by atoms with Gasteiger partial charge in [-0.3, -0.25) is 9.05 Å². The molecule has 0 radical (unpaired) electrons. The molecule has 0 saturated heterocycles. The SMILES string of the molecule is CCCCC(CC)COP(=O)(O)OCC(CC)CCCC.CCOC(N)=O. The highest BCUT2D eigenvalue weighted by atomic mass is 31.2. The normalized spacial score (nSPS) is 15.2. The molecule has 0 aliphatic carbocycles. The lowest BCUT2D eigenvalue weighted by Gasteiger charge is -2.20. The van der Waals surface area contributed by atoms with Crippen LogP contribution < -0.4 is 5.73 Å². The van der Waals surface area contributed by atoms with E-state index in [1.165, 1.54) is 0 Å². The van der Waals surface area contributed by atoms with Gasteiger partial charge in [-0.05, 0) is 31.6 Å². The van der Waals surface area contributed by atoms with Crippen LogP contribution in [0.5, 0.6) is 0 Å². The maximum atomic E-state index is 11.9. The lowest BCUT2D eigenvalue weighted by atomic mass is 10.0. The second kappa shape index (κ2) is 18.7. The number of carbonyl (C=O) groups is 1. The van der Waals surface area contributed by atoms with Gasteiger partial charge in [-0.2, -0.15) is 0 Å². The van der Waals surface area contributed by atoms with E-state index >= 15 is 0 Å². The van der Waals surface area contributed by atoms with Gasteiger partial charge in [0.1, 0.15) is 0 Å². The van der Waals surface area contributed by atoms with Crippen molar-refractivity contribution in [2.75, 3.05) is 19.8 Å². The van der Waals surface area contributed by atoms with Crippen molar-refractivity contribution in [3.8, 4) is 0 Å². The van der Waals surface area contributed by atoms with Gasteiger partial charge in [0.05, 0.1) is 19.8 Å². The molecule has 0 aromatic carbocycles. The quantitative estimate of drug-likeness (QED) is 0.337. The predicted molar refractivity (Wildman–Crippen MR) is 110 cm³/mol. The third kappa shape index (κ3) is 19.9. The average molecular weight is 412 g/mol. The molecule has 0 fully saturated rings. The minimum Gasteiger partial charge on any atom is -0.450 e. The van der Waals surface area contributed by atoms with Gasteiger partial charge in [-0.15, -0.1) is 0 Å². The van der Waals surface area contributed by atoms with E-state index in [4.69, 9.17) is 9.05 Å². The summed E-state index contributed by atoms with van der Waals surface area (Å²) < 4.78 is 26.4. The number of ether oxygens (including phenoxy) is 1. The van der Waals surface area contributed by atoms with Gasteiger partial charge in [0.15, 0.2) is 0 Å². The molecule has 0 bridgehead atoms. The summed E-state index contributed by atoms with van der Waals surface area (Å²) in [5.74, 6) is 0.687. The van der Waals surface area contributed by atoms with E-state index in [0.29, 0.717) is 31.7 Å². The maximum absolute atomic E-state index is 11.9. The third-order valence-corrected chi connectivity index (χ3v) is 5.27. The Morgan fingerprint density at radius 3 is 1.56 bits per heavy atom. The Kier molecular flexibility index (Phi) is 19.8. The van der Waals surface area contributed by atoms with Crippen molar-refractivity contribution in [3.63, 3.8) is 0 Å². The van der Waals surface area contributed by atoms with Crippen LogP contribution >= 0.6 is 7.82 Å². The Morgan fingerprint density at radius 2 is 1.33 bits per heavy atom. The lowest BCUT2D eigenvalue weighted by Crippen LogP contribution is -2.12. The first-order valence-electron chi connectivity index (χ1n) is 10.3. The smallest absolute Gasteiger partial charge is 0.450 e. The van der Waals surface area contributed by atoms with Gasteiger partial charge in [-0.1, -0.05) is 66.2 Å². The van der Waals surface area contributed by atoms with Crippen LogP contribution in [0.25, 0.3) is 0 Å². The first-order chi connectivity index (χ1) is 12.8. The molecular formula is C19H42NO6P. The maximum Gasteiger partial charge on any atom is 0.472 e. The van der Waals surface area contributed by atoms with Crippen LogP contribution in [0.2, 0.25) is 0 Å². The summed E-state index contributed by atoms with van der Waals surface area (Å²) >= 11 is 0. The molecule has 8 heteroatoms. The van der Waals surface area contributed by atoms with Crippen LogP contribution in [0.4, 0.5) is 4.79 Å². The van der Waals surface area contributed by atoms with E-state index in [9.17, 15) is 14.3 Å². The van der Waals surface area contributed by atoms with Crippen molar-refractivity contribution < 1.29 is 28.0 Å². The van der Waals surface area contributed by atoms with Crippen molar-refractivity contribution in [3.05, 3.63) is 0 Å². The molecule has 3 N–H and O–H groups in total. The second-order valence-electron chi connectivity index (χ2n) is 6.65. The molecule has 0 rings (SSSR count). The zero-order valence-electron chi connectivity index (χ0n) is 17.9. The number of hydrogen-bond donors (Lipinski definition) is 2. The van der Waals surface area contributed by atoms with Crippen LogP contribution in [0.1, 0.15) is 86.0 Å². The van der Waals surface area contributed by atoms with E-state index in [2.05, 4.69) is 38.2 Å². The van der Waals surface area contributed by atoms with E-state index < -0.39 is 13.9 Å². The number of unbranched alkanes of at least 4 members (excludes halogenated alkanes) is 2. The molecular weight excluding hydrogens is 369 g/mol. The molecule has 1 amide bonds. The summed E-state index contributed by atoms with van der Waals surface area (Å²) in [5.41, 5.74) is 4.54. The van der Waals surface area contributed by atoms with Crippen LogP contribution in [0.3, 0.4) is 0 Å². The Balaban J connectivity index is 0. The number of hydrogen-bond acceptors (Lipinski definition) is 5. The van der Waals surface area contributed by atoms with E-state index in [0.717, 1.165) is 51.4 Å². The number of primary amides is 1. The molecule has 0 aromatic rings. The largest absolute Gasteiger partial charge is 0.472 e. The average Bonchev–Trinajstić information content (AvgIpc) is 2.62. The summed E-state index contributed by atoms with van der Waals surface area (Å²) in [7, 11) is -3.89. The zero-order valence-corrected chi connectivity index (χ0v) is 18.8.